The van der Waals surface area contributed by atoms with Gasteiger partial charge in [0.2, 0.25) is 11.8 Å². The molecule has 0 aromatic heterocycles. The zero-order valence-electron chi connectivity index (χ0n) is 26.5. The number of hydrogen-bond acceptors (Lipinski definition) is 8. The van der Waals surface area contributed by atoms with Crippen molar-refractivity contribution in [3.63, 3.8) is 0 Å². The summed E-state index contributed by atoms with van der Waals surface area (Å²) in [6.45, 7) is 0. The summed E-state index contributed by atoms with van der Waals surface area (Å²) in [5, 5.41) is 8.02. The predicted octanol–water partition coefficient (Wildman–Crippen LogP) is 6.85. The van der Waals surface area contributed by atoms with Gasteiger partial charge in [0.25, 0.3) is 0 Å². The molecule has 4 aromatic carbocycles. The van der Waals surface area contributed by atoms with Crippen molar-refractivity contribution in [2.45, 2.75) is 51.4 Å². The molecular weight excluding hydrogens is 608 g/mol. The average molecular weight is 647 g/mol. The molecule has 0 saturated carbocycles. The molecule has 0 spiro atoms. The summed E-state index contributed by atoms with van der Waals surface area (Å²) >= 11 is 0. The van der Waals surface area contributed by atoms with Crippen LogP contribution in [0.25, 0.3) is 0 Å². The average Bonchev–Trinajstić information content (AvgIpc) is 3.10. The number of unbranched alkanes of at least 4 members (excludes halogenated alkanes) is 5. The molecule has 2 N–H and O–H groups in total. The van der Waals surface area contributed by atoms with Crippen LogP contribution in [0.2, 0.25) is 0 Å². The second-order valence-electron chi connectivity index (χ2n) is 10.9. The molecule has 0 unspecified atom stereocenters. The normalized spacial score (nSPS) is 10.9. The molecule has 2 amide bonds. The number of hydrazone groups is 2. The summed E-state index contributed by atoms with van der Waals surface area (Å²) in [6.07, 6.45) is 8.97. The Bertz CT molecular complexity index is 1580. The van der Waals surface area contributed by atoms with Crippen molar-refractivity contribution in [1.29, 1.82) is 0 Å². The van der Waals surface area contributed by atoms with Gasteiger partial charge >= 0.3 is 11.9 Å². The number of nitrogens with one attached hydrogen (secondary N) is 2. The van der Waals surface area contributed by atoms with E-state index in [1.54, 1.807) is 97.1 Å². The highest BCUT2D eigenvalue weighted by atomic mass is 16.5. The van der Waals surface area contributed by atoms with Gasteiger partial charge in [-0.2, -0.15) is 10.2 Å². The number of amides is 2. The quantitative estimate of drug-likeness (QED) is 0.0424. The first-order valence-corrected chi connectivity index (χ1v) is 15.8. The van der Waals surface area contributed by atoms with E-state index in [4.69, 9.17) is 9.47 Å². The minimum Gasteiger partial charge on any atom is -0.423 e. The van der Waals surface area contributed by atoms with Crippen LogP contribution in [0.5, 0.6) is 11.5 Å². The molecule has 0 aliphatic heterocycles. The molecule has 0 aliphatic carbocycles. The second-order valence-corrected chi connectivity index (χ2v) is 10.9. The molecule has 0 fully saturated rings. The van der Waals surface area contributed by atoms with Crippen molar-refractivity contribution >= 4 is 36.2 Å². The van der Waals surface area contributed by atoms with Crippen molar-refractivity contribution in [3.8, 4) is 11.5 Å². The SMILES string of the molecule is O=C(CCCCCCCCC(=O)NN=Cc1cccc(OC(=O)c2ccccc2)c1)NN=Cc1cccc(OC(=O)c2ccccc2)c1. The fourth-order valence-electron chi connectivity index (χ4n) is 4.54. The summed E-state index contributed by atoms with van der Waals surface area (Å²) in [7, 11) is 0. The van der Waals surface area contributed by atoms with Crippen molar-refractivity contribution in [1.82, 2.24) is 10.9 Å². The van der Waals surface area contributed by atoms with Crippen molar-refractivity contribution < 1.29 is 28.7 Å². The van der Waals surface area contributed by atoms with E-state index in [2.05, 4.69) is 21.1 Å². The Labute approximate surface area is 279 Å². The number of hydrogen-bond donors (Lipinski definition) is 2. The zero-order chi connectivity index (χ0) is 33.8. The van der Waals surface area contributed by atoms with Gasteiger partial charge in [0, 0.05) is 12.8 Å². The standard InChI is InChI=1S/C38H38N4O6/c43-35(41-39-27-29-15-13-21-33(25-29)47-37(45)31-17-7-5-8-18-31)23-11-3-1-2-4-12-24-36(44)42-40-28-30-16-14-22-34(26-30)48-38(46)32-19-9-6-10-20-32/h5-10,13-22,25-28H,1-4,11-12,23-24H2,(H,41,43)(H,42,44). The Morgan fingerprint density at radius 3 is 1.31 bits per heavy atom. The topological polar surface area (TPSA) is 136 Å². The van der Waals surface area contributed by atoms with Crippen LogP contribution < -0.4 is 20.3 Å². The molecule has 0 aliphatic rings. The van der Waals surface area contributed by atoms with Gasteiger partial charge in [0.1, 0.15) is 11.5 Å². The molecule has 0 heterocycles. The van der Waals surface area contributed by atoms with Gasteiger partial charge in [-0.05, 0) is 72.5 Å². The lowest BCUT2D eigenvalue weighted by atomic mass is 10.1. The Morgan fingerprint density at radius 1 is 0.500 bits per heavy atom. The maximum atomic E-state index is 12.2. The highest BCUT2D eigenvalue weighted by molar-refractivity contribution is 5.92. The van der Waals surface area contributed by atoms with E-state index in [1.807, 2.05) is 12.1 Å². The van der Waals surface area contributed by atoms with Crippen LogP contribution in [0.4, 0.5) is 0 Å². The lowest BCUT2D eigenvalue weighted by Gasteiger charge is -2.05. The number of carbonyl (C=O) groups is 4. The third-order valence-electron chi connectivity index (χ3n) is 7.02. The highest BCUT2D eigenvalue weighted by Gasteiger charge is 2.09. The number of benzene rings is 4. The molecule has 0 atom stereocenters. The van der Waals surface area contributed by atoms with Gasteiger partial charge in [-0.15, -0.1) is 0 Å². The minimum atomic E-state index is -0.449. The number of rotatable bonds is 17. The van der Waals surface area contributed by atoms with E-state index < -0.39 is 11.9 Å². The molecule has 0 radical (unpaired) electrons. The van der Waals surface area contributed by atoms with Crippen LogP contribution in [0, 0.1) is 0 Å². The summed E-state index contributed by atoms with van der Waals surface area (Å²) < 4.78 is 10.8. The molecule has 48 heavy (non-hydrogen) atoms. The Balaban J connectivity index is 1.02. The lowest BCUT2D eigenvalue weighted by molar-refractivity contribution is -0.122. The van der Waals surface area contributed by atoms with Crippen LogP contribution in [0.3, 0.4) is 0 Å². The third kappa shape index (κ3) is 12.8. The van der Waals surface area contributed by atoms with E-state index in [0.717, 1.165) is 38.5 Å². The van der Waals surface area contributed by atoms with Gasteiger partial charge in [-0.1, -0.05) is 86.3 Å². The second kappa shape index (κ2) is 19.6. The van der Waals surface area contributed by atoms with Crippen LogP contribution in [0.15, 0.2) is 119 Å². The molecule has 10 nitrogen and oxygen atoms in total. The fraction of sp³-hybridized carbons (Fsp3) is 0.211. The molecule has 246 valence electrons. The first-order chi connectivity index (χ1) is 23.5. The summed E-state index contributed by atoms with van der Waals surface area (Å²) in [6, 6.07) is 31.2. The van der Waals surface area contributed by atoms with Crippen LogP contribution in [-0.4, -0.2) is 36.2 Å². The first kappa shape index (κ1) is 35.0. The third-order valence-corrected chi connectivity index (χ3v) is 7.02. The van der Waals surface area contributed by atoms with E-state index in [9.17, 15) is 19.2 Å². The first-order valence-electron chi connectivity index (χ1n) is 15.8. The largest absolute Gasteiger partial charge is 0.423 e. The molecule has 4 aromatic rings. The van der Waals surface area contributed by atoms with E-state index >= 15 is 0 Å². The number of ether oxygens (including phenoxy) is 2. The molecular formula is C38H38N4O6. The van der Waals surface area contributed by atoms with Gasteiger partial charge in [-0.3, -0.25) is 9.59 Å². The van der Waals surface area contributed by atoms with Crippen LogP contribution in [-0.2, 0) is 9.59 Å². The summed E-state index contributed by atoms with van der Waals surface area (Å²) in [5.74, 6) is -0.469. The van der Waals surface area contributed by atoms with E-state index in [-0.39, 0.29) is 11.8 Å². The molecule has 0 bridgehead atoms. The Kier molecular flexibility index (Phi) is 14.3. The minimum absolute atomic E-state index is 0.171. The predicted molar refractivity (Wildman–Crippen MR) is 184 cm³/mol. The molecule has 0 saturated heterocycles. The van der Waals surface area contributed by atoms with Crippen molar-refractivity contribution in [2.24, 2.45) is 10.2 Å². The Morgan fingerprint density at radius 2 is 0.896 bits per heavy atom. The number of nitrogens with zero attached hydrogens (tertiary/aromatic N) is 2. The van der Waals surface area contributed by atoms with Gasteiger partial charge in [-0.25, -0.2) is 20.4 Å². The molecule has 10 heteroatoms. The lowest BCUT2D eigenvalue weighted by Crippen LogP contribution is -2.17. The Hall–Kier alpha value is -5.90. The van der Waals surface area contributed by atoms with E-state index in [1.165, 1.54) is 12.4 Å². The van der Waals surface area contributed by atoms with Gasteiger partial charge in [0.05, 0.1) is 23.6 Å². The van der Waals surface area contributed by atoms with Gasteiger partial charge in [0.15, 0.2) is 0 Å². The highest BCUT2D eigenvalue weighted by Crippen LogP contribution is 2.16. The van der Waals surface area contributed by atoms with Crippen LogP contribution >= 0.6 is 0 Å². The maximum absolute atomic E-state index is 12.2. The maximum Gasteiger partial charge on any atom is 0.343 e. The van der Waals surface area contributed by atoms with E-state index in [0.29, 0.717) is 46.6 Å². The monoisotopic (exact) mass is 646 g/mol. The smallest absolute Gasteiger partial charge is 0.343 e. The van der Waals surface area contributed by atoms with Crippen molar-refractivity contribution in [2.75, 3.05) is 0 Å². The van der Waals surface area contributed by atoms with Gasteiger partial charge < -0.3 is 9.47 Å². The summed E-state index contributed by atoms with van der Waals surface area (Å²) in [4.78, 5) is 48.8. The molecule has 4 rings (SSSR count). The summed E-state index contributed by atoms with van der Waals surface area (Å²) in [5.41, 5.74) is 7.35. The number of esters is 2. The fourth-order valence-corrected chi connectivity index (χ4v) is 4.54. The number of carbonyl (C=O) groups excluding carboxylic acids is 4. The van der Waals surface area contributed by atoms with Crippen molar-refractivity contribution in [3.05, 3.63) is 131 Å². The van der Waals surface area contributed by atoms with Crippen LogP contribution in [0.1, 0.15) is 83.2 Å². The zero-order valence-corrected chi connectivity index (χ0v) is 26.5.